The number of nitrogens with one attached hydrogen (secondary N) is 1. The van der Waals surface area contributed by atoms with Gasteiger partial charge in [-0.15, -0.1) is 0 Å². The van der Waals surface area contributed by atoms with E-state index in [0.29, 0.717) is 26.2 Å². The van der Waals surface area contributed by atoms with Gasteiger partial charge in [-0.05, 0) is 19.8 Å². The van der Waals surface area contributed by atoms with Gasteiger partial charge in [-0.3, -0.25) is 14.2 Å². The molecule has 6 nitrogen and oxygen atoms in total. The lowest BCUT2D eigenvalue weighted by Gasteiger charge is -2.13. The number of amides is 1. The first-order valence-electron chi connectivity index (χ1n) is 8.25. The molecule has 0 fully saturated rings. The summed E-state index contributed by atoms with van der Waals surface area (Å²) < 4.78 is 6.90. The molecule has 0 aromatic carbocycles. The minimum absolute atomic E-state index is 0.0236. The van der Waals surface area contributed by atoms with Gasteiger partial charge in [0.05, 0.1) is 6.04 Å². The number of carbonyl (C=O) groups is 1. The zero-order valence-electron chi connectivity index (χ0n) is 13.8. The zero-order valence-corrected chi connectivity index (χ0v) is 14.7. The fraction of sp³-hybridized carbons (Fsp3) is 0.688. The standard InChI is InChI=1S/C16H25N3O3S/c1-3-6-12-9-15(21)19-13(11-23-16(19)18-12)10-14(20)17-7-5-8-22-4-2/h9,13H,3-8,10-11H2,1-2H3,(H,17,20). The Bertz CT molecular complexity index is 588. The van der Waals surface area contributed by atoms with E-state index in [1.54, 1.807) is 22.4 Å². The molecule has 1 atom stereocenters. The molecule has 0 aliphatic carbocycles. The van der Waals surface area contributed by atoms with Gasteiger partial charge in [-0.25, -0.2) is 4.98 Å². The van der Waals surface area contributed by atoms with Crippen LogP contribution in [0.4, 0.5) is 0 Å². The lowest BCUT2D eigenvalue weighted by atomic mass is 10.2. The summed E-state index contributed by atoms with van der Waals surface area (Å²) in [7, 11) is 0. The second-order valence-corrected chi connectivity index (χ2v) is 6.54. The smallest absolute Gasteiger partial charge is 0.254 e. The van der Waals surface area contributed by atoms with Gasteiger partial charge in [-0.1, -0.05) is 25.1 Å². The molecule has 1 N–H and O–H groups in total. The van der Waals surface area contributed by atoms with Gasteiger partial charge in [0, 0.05) is 43.7 Å². The monoisotopic (exact) mass is 339 g/mol. The molecule has 1 aliphatic rings. The number of carbonyl (C=O) groups excluding carboxylic acids is 1. The van der Waals surface area contributed by atoms with E-state index in [9.17, 15) is 9.59 Å². The van der Waals surface area contributed by atoms with E-state index in [1.165, 1.54) is 0 Å². The number of rotatable bonds is 9. The highest BCUT2D eigenvalue weighted by molar-refractivity contribution is 7.99. The van der Waals surface area contributed by atoms with Crippen LogP contribution in [0.2, 0.25) is 0 Å². The molecule has 2 rings (SSSR count). The van der Waals surface area contributed by atoms with Gasteiger partial charge in [0.25, 0.3) is 5.56 Å². The molecule has 1 unspecified atom stereocenters. The summed E-state index contributed by atoms with van der Waals surface area (Å²) in [5.41, 5.74) is 0.801. The number of ether oxygens (including phenoxy) is 1. The highest BCUT2D eigenvalue weighted by Crippen LogP contribution is 2.31. The Morgan fingerprint density at radius 3 is 3.09 bits per heavy atom. The minimum atomic E-state index is -0.0995. The van der Waals surface area contributed by atoms with E-state index in [1.807, 2.05) is 6.92 Å². The van der Waals surface area contributed by atoms with E-state index < -0.39 is 0 Å². The predicted molar refractivity (Wildman–Crippen MR) is 91.0 cm³/mol. The summed E-state index contributed by atoms with van der Waals surface area (Å²) in [6, 6.07) is 1.50. The number of fused-ring (bicyclic) bond motifs is 1. The van der Waals surface area contributed by atoms with Crippen molar-refractivity contribution in [1.29, 1.82) is 0 Å². The third-order valence-corrected chi connectivity index (χ3v) is 4.76. The van der Waals surface area contributed by atoms with Crippen LogP contribution >= 0.6 is 11.8 Å². The van der Waals surface area contributed by atoms with Crippen LogP contribution in [0.15, 0.2) is 16.0 Å². The molecular weight excluding hydrogens is 314 g/mol. The Morgan fingerprint density at radius 2 is 2.35 bits per heavy atom. The number of thioether (sulfide) groups is 1. The number of hydrogen-bond donors (Lipinski definition) is 1. The van der Waals surface area contributed by atoms with E-state index in [2.05, 4.69) is 17.2 Å². The average Bonchev–Trinajstić information content (AvgIpc) is 2.90. The molecule has 0 saturated heterocycles. The van der Waals surface area contributed by atoms with Crippen LogP contribution < -0.4 is 10.9 Å². The molecule has 128 valence electrons. The van der Waals surface area contributed by atoms with Crippen LogP contribution in [-0.4, -0.2) is 41.0 Å². The molecule has 0 bridgehead atoms. The van der Waals surface area contributed by atoms with Gasteiger partial charge in [-0.2, -0.15) is 0 Å². The van der Waals surface area contributed by atoms with Crippen molar-refractivity contribution in [2.24, 2.45) is 0 Å². The van der Waals surface area contributed by atoms with Gasteiger partial charge in [0.2, 0.25) is 5.91 Å². The minimum Gasteiger partial charge on any atom is -0.382 e. The highest BCUT2D eigenvalue weighted by atomic mass is 32.2. The number of nitrogens with zero attached hydrogens (tertiary/aromatic N) is 2. The van der Waals surface area contributed by atoms with Crippen molar-refractivity contribution in [3.8, 4) is 0 Å². The Hall–Kier alpha value is -1.34. The summed E-state index contributed by atoms with van der Waals surface area (Å²) in [5.74, 6) is 0.703. The van der Waals surface area contributed by atoms with Gasteiger partial charge >= 0.3 is 0 Å². The molecule has 1 amide bonds. The summed E-state index contributed by atoms with van der Waals surface area (Å²) in [6.45, 7) is 5.97. The first-order valence-corrected chi connectivity index (χ1v) is 9.24. The third-order valence-electron chi connectivity index (χ3n) is 3.66. The van der Waals surface area contributed by atoms with Crippen molar-refractivity contribution in [3.05, 3.63) is 22.1 Å². The Labute approximate surface area is 141 Å². The fourth-order valence-corrected chi connectivity index (χ4v) is 3.73. The van der Waals surface area contributed by atoms with E-state index in [-0.39, 0.29) is 17.5 Å². The fourth-order valence-electron chi connectivity index (χ4n) is 2.57. The average molecular weight is 339 g/mol. The summed E-state index contributed by atoms with van der Waals surface area (Å²) >= 11 is 1.56. The van der Waals surface area contributed by atoms with Crippen molar-refractivity contribution in [3.63, 3.8) is 0 Å². The Morgan fingerprint density at radius 1 is 1.52 bits per heavy atom. The van der Waals surface area contributed by atoms with Crippen molar-refractivity contribution in [2.75, 3.05) is 25.5 Å². The van der Waals surface area contributed by atoms with Crippen LogP contribution in [0.25, 0.3) is 0 Å². The SMILES string of the molecule is CCCc1cc(=O)n2c(n1)SCC2CC(=O)NCCCOCC. The normalized spacial score (nSPS) is 16.3. The van der Waals surface area contributed by atoms with Crippen LogP contribution in [-0.2, 0) is 16.0 Å². The van der Waals surface area contributed by atoms with E-state index in [4.69, 9.17) is 4.74 Å². The van der Waals surface area contributed by atoms with Crippen molar-refractivity contribution in [1.82, 2.24) is 14.9 Å². The molecule has 2 heterocycles. The van der Waals surface area contributed by atoms with Crippen LogP contribution in [0, 0.1) is 0 Å². The third kappa shape index (κ3) is 5.07. The lowest BCUT2D eigenvalue weighted by Crippen LogP contribution is -2.31. The van der Waals surface area contributed by atoms with Gasteiger partial charge in [0.1, 0.15) is 0 Å². The molecule has 0 spiro atoms. The molecule has 7 heteroatoms. The van der Waals surface area contributed by atoms with Crippen molar-refractivity contribution >= 4 is 17.7 Å². The van der Waals surface area contributed by atoms with Crippen molar-refractivity contribution in [2.45, 2.75) is 50.7 Å². The van der Waals surface area contributed by atoms with E-state index >= 15 is 0 Å². The molecule has 23 heavy (non-hydrogen) atoms. The molecule has 1 aromatic heterocycles. The van der Waals surface area contributed by atoms with Crippen LogP contribution in [0.1, 0.15) is 44.8 Å². The maximum atomic E-state index is 12.3. The lowest BCUT2D eigenvalue weighted by molar-refractivity contribution is -0.121. The first kappa shape index (κ1) is 18.0. The topological polar surface area (TPSA) is 73.2 Å². The predicted octanol–water partition coefficient (Wildman–Crippen LogP) is 1.78. The molecule has 1 aliphatic heterocycles. The number of hydrogen-bond acceptors (Lipinski definition) is 5. The second kappa shape index (κ2) is 9.08. The highest BCUT2D eigenvalue weighted by Gasteiger charge is 2.27. The molecular formula is C16H25N3O3S. The zero-order chi connectivity index (χ0) is 16.7. The largest absolute Gasteiger partial charge is 0.382 e. The first-order chi connectivity index (χ1) is 11.2. The van der Waals surface area contributed by atoms with Crippen molar-refractivity contribution < 1.29 is 9.53 Å². The summed E-state index contributed by atoms with van der Waals surface area (Å²) in [6.07, 6.45) is 2.91. The second-order valence-electron chi connectivity index (χ2n) is 5.56. The van der Waals surface area contributed by atoms with Crippen LogP contribution in [0.3, 0.4) is 0 Å². The van der Waals surface area contributed by atoms with E-state index in [0.717, 1.165) is 35.9 Å². The van der Waals surface area contributed by atoms with Gasteiger partial charge in [0.15, 0.2) is 5.16 Å². The van der Waals surface area contributed by atoms with Crippen LogP contribution in [0.5, 0.6) is 0 Å². The maximum Gasteiger partial charge on any atom is 0.254 e. The Kier molecular flexibility index (Phi) is 7.11. The number of aromatic nitrogens is 2. The maximum absolute atomic E-state index is 12.3. The quantitative estimate of drug-likeness (QED) is 0.548. The summed E-state index contributed by atoms with van der Waals surface area (Å²) in [5, 5.41) is 3.63. The Balaban J connectivity index is 1.90. The molecule has 0 radical (unpaired) electrons. The molecule has 1 aromatic rings. The van der Waals surface area contributed by atoms with Gasteiger partial charge < -0.3 is 10.1 Å². The molecule has 0 saturated carbocycles. The summed E-state index contributed by atoms with van der Waals surface area (Å²) in [4.78, 5) is 28.9. The number of aryl methyl sites for hydroxylation is 1.